The van der Waals surface area contributed by atoms with Crippen molar-refractivity contribution in [3.05, 3.63) is 23.3 Å². The highest BCUT2D eigenvalue weighted by atomic mass is 32.2. The van der Waals surface area contributed by atoms with E-state index in [1.165, 1.54) is 12.1 Å². The highest BCUT2D eigenvalue weighted by Crippen LogP contribution is 2.22. The second-order valence-electron chi connectivity index (χ2n) is 4.55. The summed E-state index contributed by atoms with van der Waals surface area (Å²) in [6.45, 7) is 1.16. The number of hydrogen-bond acceptors (Lipinski definition) is 4. The average Bonchev–Trinajstić information content (AvgIpc) is 2.24. The summed E-state index contributed by atoms with van der Waals surface area (Å²) in [5.74, 6) is 0. The van der Waals surface area contributed by atoms with E-state index >= 15 is 0 Å². The first-order valence-electron chi connectivity index (χ1n) is 6.04. The third kappa shape index (κ3) is 5.52. The Morgan fingerprint density at radius 2 is 1.76 bits per heavy atom. The van der Waals surface area contributed by atoms with Crippen LogP contribution in [0.5, 0.6) is 0 Å². The molecular weight excluding hydrogens is 309 g/mol. The lowest BCUT2D eigenvalue weighted by atomic mass is 10.1. The third-order valence-corrected chi connectivity index (χ3v) is 4.32. The van der Waals surface area contributed by atoms with E-state index in [9.17, 15) is 21.6 Å². The number of ether oxygens (including phenoxy) is 1. The van der Waals surface area contributed by atoms with E-state index in [2.05, 4.69) is 9.46 Å². The van der Waals surface area contributed by atoms with Crippen LogP contribution in [0.4, 0.5) is 18.9 Å². The lowest BCUT2D eigenvalue weighted by molar-refractivity contribution is -0.173. The van der Waals surface area contributed by atoms with Crippen molar-refractivity contribution in [2.24, 2.45) is 0 Å². The first-order chi connectivity index (χ1) is 9.53. The monoisotopic (exact) mass is 326 g/mol. The zero-order chi connectivity index (χ0) is 16.3. The number of aryl methyl sites for hydroxylation is 2. The summed E-state index contributed by atoms with van der Waals surface area (Å²) in [6.07, 6.45) is -4.43. The number of nitrogens with one attached hydrogen (secondary N) is 1. The SMILES string of the molecule is Cc1cc(N)cc(C)c1S(=O)(=O)NCCOCC(F)(F)F. The normalized spacial score (nSPS) is 12.6. The van der Waals surface area contributed by atoms with Gasteiger partial charge in [-0.05, 0) is 37.1 Å². The molecule has 1 rings (SSSR count). The second-order valence-corrected chi connectivity index (χ2v) is 6.25. The number of sulfonamides is 1. The first kappa shape index (κ1) is 17.7. The van der Waals surface area contributed by atoms with Gasteiger partial charge in [-0.2, -0.15) is 13.2 Å². The standard InChI is InChI=1S/C12H17F3N2O3S/c1-8-5-10(16)6-9(2)11(8)21(18,19)17-3-4-20-7-12(13,14)15/h5-6,17H,3-4,7,16H2,1-2H3. The molecule has 0 radical (unpaired) electrons. The summed E-state index contributed by atoms with van der Waals surface area (Å²) in [6, 6.07) is 3.03. The van der Waals surface area contributed by atoms with Crippen molar-refractivity contribution in [3.63, 3.8) is 0 Å². The molecule has 3 N–H and O–H groups in total. The van der Waals surface area contributed by atoms with E-state index in [0.29, 0.717) is 16.8 Å². The molecule has 0 amide bonds. The summed E-state index contributed by atoms with van der Waals surface area (Å²) in [5.41, 5.74) is 6.99. The number of benzene rings is 1. The molecule has 0 bridgehead atoms. The summed E-state index contributed by atoms with van der Waals surface area (Å²) >= 11 is 0. The third-order valence-electron chi connectivity index (χ3n) is 2.56. The molecule has 0 heterocycles. The van der Waals surface area contributed by atoms with Crippen LogP contribution in [0.15, 0.2) is 17.0 Å². The zero-order valence-electron chi connectivity index (χ0n) is 11.6. The number of alkyl halides is 3. The van der Waals surface area contributed by atoms with Crippen molar-refractivity contribution in [2.75, 3.05) is 25.5 Å². The Balaban J connectivity index is 2.67. The van der Waals surface area contributed by atoms with Crippen molar-refractivity contribution in [2.45, 2.75) is 24.9 Å². The van der Waals surface area contributed by atoms with Crippen LogP contribution < -0.4 is 10.5 Å². The smallest absolute Gasteiger partial charge is 0.399 e. The van der Waals surface area contributed by atoms with Gasteiger partial charge in [0.25, 0.3) is 0 Å². The summed E-state index contributed by atoms with van der Waals surface area (Å²) < 4.78 is 66.3. The van der Waals surface area contributed by atoms with Crippen LogP contribution in [0.1, 0.15) is 11.1 Å². The number of nitrogen functional groups attached to an aromatic ring is 1. The minimum absolute atomic E-state index is 0.0764. The molecular formula is C12H17F3N2O3S. The Morgan fingerprint density at radius 1 is 1.24 bits per heavy atom. The minimum Gasteiger partial charge on any atom is -0.399 e. The Morgan fingerprint density at radius 3 is 2.24 bits per heavy atom. The molecule has 120 valence electrons. The Hall–Kier alpha value is -1.32. The maximum absolute atomic E-state index is 12.1. The topological polar surface area (TPSA) is 81.4 Å². The van der Waals surface area contributed by atoms with Gasteiger partial charge in [0.2, 0.25) is 10.0 Å². The van der Waals surface area contributed by atoms with Crippen LogP contribution in [-0.4, -0.2) is 34.4 Å². The molecule has 0 atom stereocenters. The van der Waals surface area contributed by atoms with Gasteiger partial charge in [-0.1, -0.05) is 0 Å². The van der Waals surface area contributed by atoms with Crippen LogP contribution in [-0.2, 0) is 14.8 Å². The lowest BCUT2D eigenvalue weighted by Crippen LogP contribution is -2.30. The highest BCUT2D eigenvalue weighted by Gasteiger charge is 2.27. The molecule has 0 aliphatic rings. The first-order valence-corrected chi connectivity index (χ1v) is 7.52. The van der Waals surface area contributed by atoms with Gasteiger partial charge < -0.3 is 10.5 Å². The fraction of sp³-hybridized carbons (Fsp3) is 0.500. The van der Waals surface area contributed by atoms with Crippen molar-refractivity contribution in [3.8, 4) is 0 Å². The van der Waals surface area contributed by atoms with Gasteiger partial charge >= 0.3 is 6.18 Å². The predicted molar refractivity (Wildman–Crippen MR) is 72.4 cm³/mol. The average molecular weight is 326 g/mol. The molecule has 0 saturated heterocycles. The number of rotatable bonds is 6. The van der Waals surface area contributed by atoms with Crippen LogP contribution in [0.25, 0.3) is 0 Å². The summed E-state index contributed by atoms with van der Waals surface area (Å²) in [7, 11) is -3.82. The van der Waals surface area contributed by atoms with Crippen LogP contribution in [0.3, 0.4) is 0 Å². The Bertz CT molecular complexity index is 577. The summed E-state index contributed by atoms with van der Waals surface area (Å²) in [4.78, 5) is 0.0764. The number of nitrogens with two attached hydrogens (primary N) is 1. The molecule has 0 aliphatic heterocycles. The van der Waals surface area contributed by atoms with Crippen LogP contribution in [0, 0.1) is 13.8 Å². The number of halogens is 3. The van der Waals surface area contributed by atoms with Gasteiger partial charge in [0, 0.05) is 12.2 Å². The zero-order valence-corrected chi connectivity index (χ0v) is 12.4. The van der Waals surface area contributed by atoms with Gasteiger partial charge in [-0.15, -0.1) is 0 Å². The van der Waals surface area contributed by atoms with Crippen molar-refractivity contribution in [1.29, 1.82) is 0 Å². The van der Waals surface area contributed by atoms with Gasteiger partial charge in [0.1, 0.15) is 6.61 Å². The molecule has 5 nitrogen and oxygen atoms in total. The molecule has 0 spiro atoms. The Kier molecular flexibility index (Phi) is 5.60. The number of hydrogen-bond donors (Lipinski definition) is 2. The molecule has 1 aromatic rings. The van der Waals surface area contributed by atoms with E-state index in [1.54, 1.807) is 13.8 Å². The second kappa shape index (κ2) is 6.63. The molecule has 0 fully saturated rings. The fourth-order valence-electron chi connectivity index (χ4n) is 1.92. The fourth-order valence-corrected chi connectivity index (χ4v) is 3.38. The predicted octanol–water partition coefficient (Wildman–Crippen LogP) is 1.74. The molecule has 21 heavy (non-hydrogen) atoms. The minimum atomic E-state index is -4.43. The Labute approximate surface area is 121 Å². The highest BCUT2D eigenvalue weighted by molar-refractivity contribution is 7.89. The molecule has 0 saturated carbocycles. The molecule has 0 aliphatic carbocycles. The van der Waals surface area contributed by atoms with Crippen molar-refractivity contribution < 1.29 is 26.3 Å². The van der Waals surface area contributed by atoms with E-state index in [1.807, 2.05) is 0 Å². The lowest BCUT2D eigenvalue weighted by Gasteiger charge is -2.13. The van der Waals surface area contributed by atoms with Gasteiger partial charge in [-0.3, -0.25) is 0 Å². The quantitative estimate of drug-likeness (QED) is 0.616. The van der Waals surface area contributed by atoms with Crippen LogP contribution in [0.2, 0.25) is 0 Å². The van der Waals surface area contributed by atoms with E-state index in [4.69, 9.17) is 5.73 Å². The largest absolute Gasteiger partial charge is 0.411 e. The van der Waals surface area contributed by atoms with Gasteiger partial charge in [0.05, 0.1) is 11.5 Å². The van der Waals surface area contributed by atoms with Gasteiger partial charge in [-0.25, -0.2) is 13.1 Å². The van der Waals surface area contributed by atoms with E-state index in [-0.39, 0.29) is 18.0 Å². The number of anilines is 1. The van der Waals surface area contributed by atoms with Crippen LogP contribution >= 0.6 is 0 Å². The molecule has 9 heteroatoms. The molecule has 0 aromatic heterocycles. The van der Waals surface area contributed by atoms with E-state index in [0.717, 1.165) is 0 Å². The maximum atomic E-state index is 12.1. The molecule has 1 aromatic carbocycles. The van der Waals surface area contributed by atoms with Gasteiger partial charge in [0.15, 0.2) is 0 Å². The maximum Gasteiger partial charge on any atom is 0.411 e. The van der Waals surface area contributed by atoms with Crippen molar-refractivity contribution >= 4 is 15.7 Å². The molecule has 0 unspecified atom stereocenters. The van der Waals surface area contributed by atoms with E-state index < -0.39 is 22.8 Å². The summed E-state index contributed by atoms with van der Waals surface area (Å²) in [5, 5.41) is 0. The van der Waals surface area contributed by atoms with Crippen molar-refractivity contribution in [1.82, 2.24) is 4.72 Å².